The maximum atomic E-state index is 5.60. The smallest absolute Gasteiger partial charge is 0.213 e. The van der Waals surface area contributed by atoms with Gasteiger partial charge in [-0.2, -0.15) is 0 Å². The molecule has 0 aliphatic carbocycles. The zero-order valence-corrected chi connectivity index (χ0v) is 12.5. The van der Waals surface area contributed by atoms with Gasteiger partial charge < -0.3 is 15.0 Å². The fourth-order valence-corrected chi connectivity index (χ4v) is 1.91. The Morgan fingerprint density at radius 1 is 1.37 bits per heavy atom. The molecule has 1 aromatic heterocycles. The summed E-state index contributed by atoms with van der Waals surface area (Å²) in [7, 11) is 2.13. The first-order valence-electron chi connectivity index (χ1n) is 7.23. The average molecular weight is 267 g/mol. The van der Waals surface area contributed by atoms with Crippen molar-refractivity contribution in [1.82, 2.24) is 15.2 Å². The van der Waals surface area contributed by atoms with E-state index in [0.717, 1.165) is 45.1 Å². The van der Waals surface area contributed by atoms with Crippen molar-refractivity contribution in [1.29, 1.82) is 0 Å². The first kappa shape index (κ1) is 15.9. The van der Waals surface area contributed by atoms with Crippen LogP contribution in [0.3, 0.4) is 0 Å². The Balaban J connectivity index is 0.00000361. The molecule has 0 bridgehead atoms. The summed E-state index contributed by atoms with van der Waals surface area (Å²) in [5.74, 6) is 0.721. The molecule has 1 rings (SSSR count). The van der Waals surface area contributed by atoms with Gasteiger partial charge in [-0.25, -0.2) is 4.98 Å². The first-order chi connectivity index (χ1) is 9.26. The van der Waals surface area contributed by atoms with Gasteiger partial charge >= 0.3 is 0 Å². The van der Waals surface area contributed by atoms with Crippen LogP contribution in [0.15, 0.2) is 18.3 Å². The third kappa shape index (κ3) is 7.13. The molecule has 0 fully saturated rings. The molecule has 0 aliphatic heterocycles. The van der Waals surface area contributed by atoms with E-state index in [9.17, 15) is 0 Å². The summed E-state index contributed by atoms with van der Waals surface area (Å²) >= 11 is 0. The maximum absolute atomic E-state index is 5.60. The SMILES string of the molecule is CCCN(C)Cc1ccc(OCCCNCC)nc1.[HH]. The summed E-state index contributed by atoms with van der Waals surface area (Å²) in [5.41, 5.74) is 1.23. The molecule has 0 saturated heterocycles. The highest BCUT2D eigenvalue weighted by atomic mass is 16.5. The Hall–Kier alpha value is -1.13. The quantitative estimate of drug-likeness (QED) is 0.661. The number of nitrogens with zero attached hydrogens (tertiary/aromatic N) is 2. The number of hydrogen-bond acceptors (Lipinski definition) is 4. The lowest BCUT2D eigenvalue weighted by Gasteiger charge is -2.15. The van der Waals surface area contributed by atoms with Gasteiger partial charge in [-0.1, -0.05) is 19.9 Å². The zero-order chi connectivity index (χ0) is 13.9. The fraction of sp³-hybridized carbons (Fsp3) is 0.667. The van der Waals surface area contributed by atoms with Crippen molar-refractivity contribution in [3.8, 4) is 5.88 Å². The van der Waals surface area contributed by atoms with E-state index >= 15 is 0 Å². The minimum Gasteiger partial charge on any atom is -0.478 e. The Morgan fingerprint density at radius 2 is 2.21 bits per heavy atom. The molecule has 0 aliphatic rings. The average Bonchev–Trinajstić information content (AvgIpc) is 2.41. The molecule has 0 saturated carbocycles. The fourth-order valence-electron chi connectivity index (χ4n) is 1.91. The second-order valence-corrected chi connectivity index (χ2v) is 4.80. The number of pyridine rings is 1. The summed E-state index contributed by atoms with van der Waals surface area (Å²) in [4.78, 5) is 6.64. The molecule has 1 aromatic rings. The molecular formula is C15H29N3O. The molecule has 1 heterocycles. The molecule has 0 atom stereocenters. The highest BCUT2D eigenvalue weighted by molar-refractivity contribution is 5.17. The molecule has 0 spiro atoms. The second kappa shape index (κ2) is 9.75. The van der Waals surface area contributed by atoms with Crippen LogP contribution in [0.25, 0.3) is 0 Å². The molecule has 4 nitrogen and oxygen atoms in total. The van der Waals surface area contributed by atoms with E-state index in [1.54, 1.807) is 0 Å². The molecule has 0 aromatic carbocycles. The van der Waals surface area contributed by atoms with Gasteiger partial charge in [-0.3, -0.25) is 0 Å². The second-order valence-electron chi connectivity index (χ2n) is 4.80. The summed E-state index contributed by atoms with van der Waals surface area (Å²) in [6.45, 7) is 9.09. The van der Waals surface area contributed by atoms with Crippen molar-refractivity contribution >= 4 is 0 Å². The van der Waals surface area contributed by atoms with Gasteiger partial charge in [0.25, 0.3) is 0 Å². The van der Waals surface area contributed by atoms with Gasteiger partial charge in [0.15, 0.2) is 0 Å². The van der Waals surface area contributed by atoms with Gasteiger partial charge in [-0.05, 0) is 45.1 Å². The van der Waals surface area contributed by atoms with Crippen LogP contribution in [0.1, 0.15) is 33.7 Å². The number of nitrogens with one attached hydrogen (secondary N) is 1. The molecule has 0 radical (unpaired) electrons. The Labute approximate surface area is 118 Å². The summed E-state index contributed by atoms with van der Waals surface area (Å²) < 4.78 is 5.60. The van der Waals surface area contributed by atoms with Gasteiger partial charge in [0.2, 0.25) is 5.88 Å². The van der Waals surface area contributed by atoms with Crippen LogP contribution in [0.4, 0.5) is 0 Å². The van der Waals surface area contributed by atoms with Crippen molar-refractivity contribution < 1.29 is 6.16 Å². The van der Waals surface area contributed by atoms with Crippen molar-refractivity contribution in [2.75, 3.05) is 33.3 Å². The molecule has 0 unspecified atom stereocenters. The number of hydrogen-bond donors (Lipinski definition) is 1. The molecule has 110 valence electrons. The third-order valence-electron chi connectivity index (χ3n) is 2.85. The minimum absolute atomic E-state index is 0. The topological polar surface area (TPSA) is 37.4 Å². The van der Waals surface area contributed by atoms with Crippen LogP contribution >= 0.6 is 0 Å². The highest BCUT2D eigenvalue weighted by Gasteiger charge is 2.01. The zero-order valence-electron chi connectivity index (χ0n) is 12.5. The summed E-state index contributed by atoms with van der Waals surface area (Å²) in [6, 6.07) is 4.06. The van der Waals surface area contributed by atoms with Crippen molar-refractivity contribution in [2.45, 2.75) is 33.2 Å². The summed E-state index contributed by atoms with van der Waals surface area (Å²) in [5, 5.41) is 3.27. The largest absolute Gasteiger partial charge is 0.478 e. The lowest BCUT2D eigenvalue weighted by molar-refractivity contribution is 0.296. The van der Waals surface area contributed by atoms with Crippen molar-refractivity contribution in [2.24, 2.45) is 0 Å². The molecule has 0 amide bonds. The van der Waals surface area contributed by atoms with Crippen LogP contribution in [-0.4, -0.2) is 43.2 Å². The predicted molar refractivity (Wildman–Crippen MR) is 81.6 cm³/mol. The maximum Gasteiger partial charge on any atom is 0.213 e. The highest BCUT2D eigenvalue weighted by Crippen LogP contribution is 2.09. The molecular weight excluding hydrogens is 238 g/mol. The molecule has 19 heavy (non-hydrogen) atoms. The van der Waals surface area contributed by atoms with Gasteiger partial charge in [-0.15, -0.1) is 0 Å². The lowest BCUT2D eigenvalue weighted by Crippen LogP contribution is -2.18. The number of aromatic nitrogens is 1. The molecule has 4 heteroatoms. The van der Waals surface area contributed by atoms with Crippen LogP contribution < -0.4 is 10.1 Å². The number of rotatable bonds is 10. The standard InChI is InChI=1S/C15H27N3O.H2/c1-4-10-18(3)13-14-7-8-15(17-12-14)19-11-6-9-16-5-2;/h7-8,12,16H,4-6,9-11,13H2,1-3H3;1H. The lowest BCUT2D eigenvalue weighted by atomic mass is 10.2. The van der Waals surface area contributed by atoms with E-state index in [1.165, 1.54) is 12.0 Å². The molecule has 1 N–H and O–H groups in total. The Bertz CT molecular complexity index is 332. The number of ether oxygens (including phenoxy) is 1. The monoisotopic (exact) mass is 267 g/mol. The van der Waals surface area contributed by atoms with Gasteiger partial charge in [0.05, 0.1) is 6.61 Å². The normalized spacial score (nSPS) is 10.9. The van der Waals surface area contributed by atoms with E-state index in [2.05, 4.69) is 42.2 Å². The van der Waals surface area contributed by atoms with Crippen molar-refractivity contribution in [3.05, 3.63) is 23.9 Å². The van der Waals surface area contributed by atoms with E-state index in [4.69, 9.17) is 4.74 Å². The first-order valence-corrected chi connectivity index (χ1v) is 7.23. The van der Waals surface area contributed by atoms with E-state index in [-0.39, 0.29) is 1.43 Å². The van der Waals surface area contributed by atoms with E-state index < -0.39 is 0 Å². The van der Waals surface area contributed by atoms with Crippen LogP contribution in [0.5, 0.6) is 5.88 Å². The van der Waals surface area contributed by atoms with Gasteiger partial charge in [0.1, 0.15) is 0 Å². The van der Waals surface area contributed by atoms with E-state index in [1.807, 2.05) is 12.3 Å². The van der Waals surface area contributed by atoms with Crippen molar-refractivity contribution in [3.63, 3.8) is 0 Å². The third-order valence-corrected chi connectivity index (χ3v) is 2.85. The predicted octanol–water partition coefficient (Wildman–Crippen LogP) is 2.55. The minimum atomic E-state index is 0. The van der Waals surface area contributed by atoms with Gasteiger partial charge in [0, 0.05) is 20.2 Å². The van der Waals surface area contributed by atoms with E-state index in [0.29, 0.717) is 0 Å². The van der Waals surface area contributed by atoms with Crippen LogP contribution in [0, 0.1) is 0 Å². The van der Waals surface area contributed by atoms with Crippen LogP contribution in [0.2, 0.25) is 0 Å². The Morgan fingerprint density at radius 3 is 2.84 bits per heavy atom. The summed E-state index contributed by atoms with van der Waals surface area (Å²) in [6.07, 6.45) is 4.10. The van der Waals surface area contributed by atoms with Crippen LogP contribution in [-0.2, 0) is 6.54 Å². The Kier molecular flexibility index (Phi) is 8.18.